The van der Waals surface area contributed by atoms with Crippen LogP contribution < -0.4 is 0 Å². The highest BCUT2D eigenvalue weighted by molar-refractivity contribution is 7.98. The monoisotopic (exact) mass is 178 g/mol. The van der Waals surface area contributed by atoms with E-state index in [1.807, 2.05) is 6.08 Å². The first-order chi connectivity index (χ1) is 5.83. The van der Waals surface area contributed by atoms with Gasteiger partial charge in [0.15, 0.2) is 0 Å². The van der Waals surface area contributed by atoms with Crippen LogP contribution in [-0.4, -0.2) is 6.26 Å². The Hall–Kier alpha value is -0.690. The number of hydrogen-bond acceptors (Lipinski definition) is 1. The van der Waals surface area contributed by atoms with Crippen LogP contribution in [0.4, 0.5) is 0 Å². The Labute approximate surface area is 78.7 Å². The van der Waals surface area contributed by atoms with Gasteiger partial charge in [0.05, 0.1) is 0 Å². The molecule has 0 heterocycles. The Morgan fingerprint density at radius 2 is 2.25 bits per heavy atom. The number of benzene rings is 1. The first-order valence-electron chi connectivity index (χ1n) is 4.11. The molecule has 1 heteroatoms. The van der Waals surface area contributed by atoms with Crippen molar-refractivity contribution in [2.45, 2.75) is 18.2 Å². The molecule has 12 heavy (non-hydrogen) atoms. The van der Waals surface area contributed by atoms with Crippen LogP contribution in [-0.2, 0) is 6.42 Å². The van der Waals surface area contributed by atoms with Gasteiger partial charge in [0.25, 0.3) is 0 Å². The second kappa shape index (κ2) is 4.36. The van der Waals surface area contributed by atoms with Gasteiger partial charge >= 0.3 is 0 Å². The number of aryl methyl sites for hydroxylation is 1. The minimum atomic E-state index is 1.08. The molecular weight excluding hydrogens is 164 g/mol. The Kier molecular flexibility index (Phi) is 3.42. The molecule has 1 aromatic rings. The molecule has 0 radical (unpaired) electrons. The molecule has 0 spiro atoms. The topological polar surface area (TPSA) is 0 Å². The summed E-state index contributed by atoms with van der Waals surface area (Å²) in [5, 5.41) is 0. The van der Waals surface area contributed by atoms with E-state index >= 15 is 0 Å². The fourth-order valence-electron chi connectivity index (χ4n) is 1.31. The van der Waals surface area contributed by atoms with Gasteiger partial charge in [-0.05, 0) is 29.9 Å². The van der Waals surface area contributed by atoms with E-state index in [1.54, 1.807) is 11.8 Å². The normalized spacial score (nSPS) is 9.83. The molecule has 1 rings (SSSR count). The van der Waals surface area contributed by atoms with Crippen molar-refractivity contribution in [3.05, 3.63) is 35.9 Å². The average Bonchev–Trinajstić information content (AvgIpc) is 2.16. The smallest absolute Gasteiger partial charge is 0.0144 e. The summed E-state index contributed by atoms with van der Waals surface area (Å²) in [6, 6.07) is 6.41. The first-order valence-corrected chi connectivity index (χ1v) is 5.34. The summed E-state index contributed by atoms with van der Waals surface area (Å²) in [7, 11) is 0. The molecule has 0 aliphatic carbocycles. The highest BCUT2D eigenvalue weighted by Crippen LogP contribution is 2.24. The van der Waals surface area contributed by atoms with Gasteiger partial charge in [0, 0.05) is 4.90 Å². The van der Waals surface area contributed by atoms with E-state index in [-0.39, 0.29) is 0 Å². The van der Waals surface area contributed by atoms with Gasteiger partial charge in [0.1, 0.15) is 0 Å². The molecule has 1 aromatic carbocycles. The molecule has 0 unspecified atom stereocenters. The lowest BCUT2D eigenvalue weighted by Crippen LogP contribution is -1.87. The van der Waals surface area contributed by atoms with E-state index in [9.17, 15) is 0 Å². The van der Waals surface area contributed by atoms with Crippen molar-refractivity contribution in [3.8, 4) is 0 Å². The van der Waals surface area contributed by atoms with Crippen LogP contribution in [0.1, 0.15) is 18.1 Å². The molecule has 0 saturated carbocycles. The summed E-state index contributed by atoms with van der Waals surface area (Å²) in [5.41, 5.74) is 2.68. The largest absolute Gasteiger partial charge is 0.129 e. The molecule has 0 aliphatic rings. The molecule has 0 saturated heterocycles. The van der Waals surface area contributed by atoms with E-state index in [0.29, 0.717) is 0 Å². The Morgan fingerprint density at radius 3 is 2.75 bits per heavy atom. The van der Waals surface area contributed by atoms with E-state index in [1.165, 1.54) is 16.0 Å². The van der Waals surface area contributed by atoms with Gasteiger partial charge in [-0.3, -0.25) is 0 Å². The fourth-order valence-corrected chi connectivity index (χ4v) is 1.96. The van der Waals surface area contributed by atoms with Crippen LogP contribution in [0, 0.1) is 0 Å². The zero-order valence-corrected chi connectivity index (χ0v) is 8.45. The van der Waals surface area contributed by atoms with Gasteiger partial charge in [-0.15, -0.1) is 11.8 Å². The number of hydrogen-bond donors (Lipinski definition) is 0. The van der Waals surface area contributed by atoms with Crippen LogP contribution in [0.25, 0.3) is 6.08 Å². The maximum Gasteiger partial charge on any atom is 0.0144 e. The van der Waals surface area contributed by atoms with Crippen LogP contribution in [0.3, 0.4) is 0 Å². The maximum absolute atomic E-state index is 3.83. The van der Waals surface area contributed by atoms with Crippen molar-refractivity contribution in [3.63, 3.8) is 0 Å². The predicted octanol–water partition coefficient (Wildman–Crippen LogP) is 3.61. The maximum atomic E-state index is 3.83. The van der Waals surface area contributed by atoms with Gasteiger partial charge in [-0.2, -0.15) is 0 Å². The van der Waals surface area contributed by atoms with Crippen molar-refractivity contribution >= 4 is 17.8 Å². The third-order valence-electron chi connectivity index (χ3n) is 1.96. The van der Waals surface area contributed by atoms with Crippen molar-refractivity contribution < 1.29 is 0 Å². The standard InChI is InChI=1S/C11H14S/c1-4-9-7-6-8-11(12-3)10(9)5-2/h5-8H,2,4H2,1,3H3. The summed E-state index contributed by atoms with van der Waals surface area (Å²) >= 11 is 1.78. The number of thioether (sulfide) groups is 1. The van der Waals surface area contributed by atoms with Crippen LogP contribution in [0.15, 0.2) is 29.7 Å². The van der Waals surface area contributed by atoms with Gasteiger partial charge in [0.2, 0.25) is 0 Å². The molecule has 0 amide bonds. The summed E-state index contributed by atoms with van der Waals surface area (Å²) in [6.07, 6.45) is 5.13. The second-order valence-electron chi connectivity index (χ2n) is 2.59. The van der Waals surface area contributed by atoms with E-state index in [2.05, 4.69) is 38.0 Å². The van der Waals surface area contributed by atoms with E-state index in [4.69, 9.17) is 0 Å². The Morgan fingerprint density at radius 1 is 1.50 bits per heavy atom. The van der Waals surface area contributed by atoms with Crippen molar-refractivity contribution in [1.82, 2.24) is 0 Å². The molecule has 0 atom stereocenters. The zero-order valence-electron chi connectivity index (χ0n) is 7.63. The SMILES string of the molecule is C=Cc1c(CC)cccc1SC. The lowest BCUT2D eigenvalue weighted by atomic mass is 10.1. The van der Waals surface area contributed by atoms with Crippen LogP contribution >= 0.6 is 11.8 Å². The van der Waals surface area contributed by atoms with Crippen molar-refractivity contribution in [1.29, 1.82) is 0 Å². The summed E-state index contributed by atoms with van der Waals surface area (Å²) in [4.78, 5) is 1.32. The molecule has 0 fully saturated rings. The van der Waals surface area contributed by atoms with Crippen molar-refractivity contribution in [2.24, 2.45) is 0 Å². The minimum Gasteiger partial charge on any atom is -0.129 e. The van der Waals surface area contributed by atoms with E-state index < -0.39 is 0 Å². The molecule has 0 nitrogen and oxygen atoms in total. The van der Waals surface area contributed by atoms with Gasteiger partial charge in [-0.25, -0.2) is 0 Å². The van der Waals surface area contributed by atoms with Crippen LogP contribution in [0.5, 0.6) is 0 Å². The summed E-state index contributed by atoms with van der Waals surface area (Å²) in [5.74, 6) is 0. The molecular formula is C11H14S. The first kappa shape index (κ1) is 9.40. The Bertz CT molecular complexity index is 254. The Balaban J connectivity index is 3.21. The third kappa shape index (κ3) is 1.72. The molecule has 0 bridgehead atoms. The molecule has 0 aromatic heterocycles. The number of rotatable bonds is 3. The second-order valence-corrected chi connectivity index (χ2v) is 3.44. The molecule has 0 aliphatic heterocycles. The summed E-state index contributed by atoms with van der Waals surface area (Å²) in [6.45, 7) is 6.01. The van der Waals surface area contributed by atoms with Crippen molar-refractivity contribution in [2.75, 3.05) is 6.26 Å². The zero-order chi connectivity index (χ0) is 8.97. The lowest BCUT2D eigenvalue weighted by molar-refractivity contribution is 1.11. The molecule has 64 valence electrons. The fraction of sp³-hybridized carbons (Fsp3) is 0.273. The average molecular weight is 178 g/mol. The quantitative estimate of drug-likeness (QED) is 0.637. The third-order valence-corrected chi connectivity index (χ3v) is 2.76. The van der Waals surface area contributed by atoms with Gasteiger partial charge in [-0.1, -0.05) is 31.7 Å². The summed E-state index contributed by atoms with van der Waals surface area (Å²) < 4.78 is 0. The lowest BCUT2D eigenvalue weighted by Gasteiger charge is -2.07. The van der Waals surface area contributed by atoms with Crippen LogP contribution in [0.2, 0.25) is 0 Å². The minimum absolute atomic E-state index is 1.08. The predicted molar refractivity (Wildman–Crippen MR) is 57.7 cm³/mol. The molecule has 0 N–H and O–H groups in total. The van der Waals surface area contributed by atoms with Gasteiger partial charge < -0.3 is 0 Å². The highest BCUT2D eigenvalue weighted by atomic mass is 32.2. The highest BCUT2D eigenvalue weighted by Gasteiger charge is 2.01. The van der Waals surface area contributed by atoms with E-state index in [0.717, 1.165) is 6.42 Å².